The third kappa shape index (κ3) is 3.79. The predicted molar refractivity (Wildman–Crippen MR) is 131 cm³/mol. The van der Waals surface area contributed by atoms with Crippen LogP contribution in [0.2, 0.25) is 0 Å². The van der Waals surface area contributed by atoms with E-state index in [4.69, 9.17) is 4.98 Å². The van der Waals surface area contributed by atoms with Crippen molar-refractivity contribution >= 4 is 11.6 Å². The van der Waals surface area contributed by atoms with E-state index in [0.29, 0.717) is 6.04 Å². The van der Waals surface area contributed by atoms with Crippen molar-refractivity contribution in [2.75, 3.05) is 38.0 Å². The Labute approximate surface area is 197 Å². The molecule has 2 atom stereocenters. The number of carbonyl (C=O) groups excluding carboxylic acids is 1. The number of fused-ring (bicyclic) bond motifs is 1. The number of hydrogen-bond acceptors (Lipinski definition) is 4. The molecule has 2 aliphatic carbocycles. The third-order valence-electron chi connectivity index (χ3n) is 8.70. The second-order valence-electron chi connectivity index (χ2n) is 10.5. The molecule has 1 aromatic carbocycles. The molecule has 1 amide bonds. The van der Waals surface area contributed by atoms with Crippen LogP contribution in [0.15, 0.2) is 36.5 Å². The van der Waals surface area contributed by atoms with Gasteiger partial charge in [-0.05, 0) is 86.7 Å². The van der Waals surface area contributed by atoms with Gasteiger partial charge in [-0.25, -0.2) is 0 Å². The van der Waals surface area contributed by atoms with Crippen LogP contribution in [0, 0.1) is 0 Å². The highest BCUT2D eigenvalue weighted by atomic mass is 16.2. The lowest BCUT2D eigenvalue weighted by Crippen LogP contribution is -2.48. The Hall–Kier alpha value is -2.24. The van der Waals surface area contributed by atoms with E-state index in [-0.39, 0.29) is 11.3 Å². The highest BCUT2D eigenvalue weighted by Gasteiger charge is 2.48. The molecule has 2 aromatic rings. The summed E-state index contributed by atoms with van der Waals surface area (Å²) in [7, 11) is 0. The zero-order chi connectivity index (χ0) is 22.3. The molecule has 5 heteroatoms. The summed E-state index contributed by atoms with van der Waals surface area (Å²) < 4.78 is 0. The van der Waals surface area contributed by atoms with Gasteiger partial charge in [0.05, 0.1) is 17.2 Å². The number of benzene rings is 1. The number of aryl methyl sites for hydroxylation is 2. The van der Waals surface area contributed by atoms with Crippen LogP contribution in [0.5, 0.6) is 0 Å². The van der Waals surface area contributed by atoms with Gasteiger partial charge in [0.25, 0.3) is 0 Å². The van der Waals surface area contributed by atoms with Crippen LogP contribution in [0.4, 0.5) is 5.69 Å². The predicted octanol–water partition coefficient (Wildman–Crippen LogP) is 4.47. The Morgan fingerprint density at radius 3 is 2.76 bits per heavy atom. The van der Waals surface area contributed by atoms with Crippen LogP contribution in [0.25, 0.3) is 0 Å². The van der Waals surface area contributed by atoms with Crippen molar-refractivity contribution in [2.45, 2.75) is 69.2 Å². The summed E-state index contributed by atoms with van der Waals surface area (Å²) >= 11 is 0. The number of pyridine rings is 1. The number of rotatable bonds is 6. The van der Waals surface area contributed by atoms with Crippen LogP contribution >= 0.6 is 0 Å². The standard InChI is InChI=1S/C28H36N4O/c33-27-28(14-5-9-21-7-3-11-23(30-27)25(21)28)13-1-2-16-31-17-19-32(20-18-31)24-12-4-8-22-10-6-15-29-26(22)24/h3,6-7,10-11,15,24H,1-2,4-5,8-9,12-14,16-20H2,(H,30,33). The first kappa shape index (κ1) is 21.3. The quantitative estimate of drug-likeness (QED) is 0.668. The minimum atomic E-state index is -0.260. The maximum absolute atomic E-state index is 13.0. The second-order valence-corrected chi connectivity index (χ2v) is 10.5. The largest absolute Gasteiger partial charge is 0.325 e. The molecule has 4 aliphatic rings. The van der Waals surface area contributed by atoms with Crippen molar-refractivity contribution in [3.8, 4) is 0 Å². The molecule has 6 rings (SSSR count). The van der Waals surface area contributed by atoms with E-state index in [9.17, 15) is 4.79 Å². The average Bonchev–Trinajstić information content (AvgIpc) is 3.15. The van der Waals surface area contributed by atoms with Crippen molar-refractivity contribution in [1.82, 2.24) is 14.8 Å². The summed E-state index contributed by atoms with van der Waals surface area (Å²) in [6.45, 7) is 5.74. The molecule has 174 valence electrons. The summed E-state index contributed by atoms with van der Waals surface area (Å²) in [5, 5.41) is 3.19. The van der Waals surface area contributed by atoms with Crippen LogP contribution < -0.4 is 5.32 Å². The zero-order valence-electron chi connectivity index (χ0n) is 19.7. The van der Waals surface area contributed by atoms with Gasteiger partial charge in [0.2, 0.25) is 5.91 Å². The number of amides is 1. The molecule has 1 fully saturated rings. The zero-order valence-corrected chi connectivity index (χ0v) is 19.7. The number of nitrogens with zero attached hydrogens (tertiary/aromatic N) is 3. The number of carbonyl (C=O) groups is 1. The van der Waals surface area contributed by atoms with E-state index in [1.807, 2.05) is 6.20 Å². The Morgan fingerprint density at radius 2 is 1.85 bits per heavy atom. The molecule has 0 bridgehead atoms. The van der Waals surface area contributed by atoms with E-state index in [1.165, 1.54) is 48.1 Å². The second kappa shape index (κ2) is 8.84. The van der Waals surface area contributed by atoms with E-state index in [0.717, 1.165) is 70.5 Å². The lowest BCUT2D eigenvalue weighted by molar-refractivity contribution is -0.121. The van der Waals surface area contributed by atoms with Gasteiger partial charge in [-0.2, -0.15) is 0 Å². The third-order valence-corrected chi connectivity index (χ3v) is 8.70. The fourth-order valence-electron chi connectivity index (χ4n) is 7.02. The van der Waals surface area contributed by atoms with Crippen molar-refractivity contribution < 1.29 is 4.79 Å². The summed E-state index contributed by atoms with van der Waals surface area (Å²) in [5.41, 5.74) is 6.33. The maximum Gasteiger partial charge on any atom is 0.235 e. The van der Waals surface area contributed by atoms with Crippen molar-refractivity contribution in [2.24, 2.45) is 0 Å². The highest BCUT2D eigenvalue weighted by molar-refractivity contribution is 6.07. The Bertz CT molecular complexity index is 1030. The molecule has 1 N–H and O–H groups in total. The first-order valence-electron chi connectivity index (χ1n) is 13.1. The molecule has 2 unspecified atom stereocenters. The lowest BCUT2D eigenvalue weighted by atomic mass is 9.68. The van der Waals surface area contributed by atoms with Crippen LogP contribution in [-0.2, 0) is 23.1 Å². The Balaban J connectivity index is 1.01. The van der Waals surface area contributed by atoms with E-state index >= 15 is 0 Å². The number of unbranched alkanes of at least 4 members (excludes halogenated alkanes) is 1. The van der Waals surface area contributed by atoms with Gasteiger partial charge in [-0.1, -0.05) is 24.6 Å². The minimum Gasteiger partial charge on any atom is -0.325 e. The molecular weight excluding hydrogens is 408 g/mol. The monoisotopic (exact) mass is 444 g/mol. The molecule has 33 heavy (non-hydrogen) atoms. The molecule has 5 nitrogen and oxygen atoms in total. The fraction of sp³-hybridized carbons (Fsp3) is 0.571. The Kier molecular flexibility index (Phi) is 5.71. The average molecular weight is 445 g/mol. The number of nitrogens with one attached hydrogen (secondary N) is 1. The van der Waals surface area contributed by atoms with Crippen LogP contribution in [0.1, 0.15) is 73.4 Å². The van der Waals surface area contributed by atoms with Crippen molar-refractivity contribution in [3.05, 3.63) is 58.9 Å². The van der Waals surface area contributed by atoms with Gasteiger partial charge in [0.1, 0.15) is 0 Å². The smallest absolute Gasteiger partial charge is 0.235 e. The first-order chi connectivity index (χ1) is 16.2. The van der Waals surface area contributed by atoms with E-state index in [1.54, 1.807) is 0 Å². The number of hydrogen-bond donors (Lipinski definition) is 1. The number of anilines is 1. The molecule has 3 heterocycles. The molecular formula is C28H36N4O. The number of aromatic nitrogens is 1. The fourth-order valence-corrected chi connectivity index (χ4v) is 7.02. The van der Waals surface area contributed by atoms with Gasteiger partial charge in [-0.3, -0.25) is 14.7 Å². The highest BCUT2D eigenvalue weighted by Crippen LogP contribution is 2.49. The molecule has 0 saturated carbocycles. The number of piperazine rings is 1. The van der Waals surface area contributed by atoms with Crippen LogP contribution in [0.3, 0.4) is 0 Å². The molecule has 1 saturated heterocycles. The van der Waals surface area contributed by atoms with Crippen molar-refractivity contribution in [3.63, 3.8) is 0 Å². The molecule has 2 aliphatic heterocycles. The summed E-state index contributed by atoms with van der Waals surface area (Å²) in [5.74, 6) is 0.250. The topological polar surface area (TPSA) is 48.5 Å². The van der Waals surface area contributed by atoms with Gasteiger partial charge >= 0.3 is 0 Å². The normalized spacial score (nSPS) is 27.2. The molecule has 1 aromatic heterocycles. The lowest BCUT2D eigenvalue weighted by Gasteiger charge is -2.41. The van der Waals surface area contributed by atoms with Gasteiger partial charge < -0.3 is 10.2 Å². The summed E-state index contributed by atoms with van der Waals surface area (Å²) in [6.07, 6.45) is 12.2. The van der Waals surface area contributed by atoms with E-state index < -0.39 is 0 Å². The Morgan fingerprint density at radius 1 is 1.00 bits per heavy atom. The SMILES string of the molecule is O=C1Nc2cccc3c2C1(CCCCN1CCN(C2CCCc4cccnc42)CC1)CCC3. The maximum atomic E-state index is 13.0. The molecule has 0 radical (unpaired) electrons. The van der Waals surface area contributed by atoms with Crippen LogP contribution in [-0.4, -0.2) is 53.4 Å². The van der Waals surface area contributed by atoms with Gasteiger partial charge in [0, 0.05) is 38.1 Å². The van der Waals surface area contributed by atoms with Crippen molar-refractivity contribution in [1.29, 1.82) is 0 Å². The summed E-state index contributed by atoms with van der Waals surface area (Å²) in [4.78, 5) is 23.1. The van der Waals surface area contributed by atoms with Gasteiger partial charge in [-0.15, -0.1) is 0 Å². The first-order valence-corrected chi connectivity index (χ1v) is 13.1. The minimum absolute atomic E-state index is 0.250. The van der Waals surface area contributed by atoms with Gasteiger partial charge in [0.15, 0.2) is 0 Å². The van der Waals surface area contributed by atoms with E-state index in [2.05, 4.69) is 45.4 Å². The summed E-state index contributed by atoms with van der Waals surface area (Å²) in [6, 6.07) is 11.3. The molecule has 0 spiro atoms.